The molecule has 2 heterocycles. The molecule has 0 atom stereocenters. The van der Waals surface area contributed by atoms with Crippen LogP contribution >= 0.6 is 0 Å². The molecule has 0 radical (unpaired) electrons. The van der Waals surface area contributed by atoms with E-state index in [0.29, 0.717) is 32.7 Å². The van der Waals surface area contributed by atoms with Gasteiger partial charge in [0.05, 0.1) is 25.2 Å². The third-order valence-corrected chi connectivity index (χ3v) is 6.19. The lowest BCUT2D eigenvalue weighted by Gasteiger charge is -2.34. The van der Waals surface area contributed by atoms with Crippen LogP contribution < -0.4 is 4.90 Å². The monoisotopic (exact) mass is 393 g/mol. The van der Waals surface area contributed by atoms with Gasteiger partial charge in [0, 0.05) is 51.0 Å². The van der Waals surface area contributed by atoms with E-state index in [1.54, 1.807) is 12.1 Å². The first-order chi connectivity index (χ1) is 13.0. The molecule has 0 saturated carbocycles. The van der Waals surface area contributed by atoms with Crippen LogP contribution in [-0.4, -0.2) is 76.6 Å². The Morgan fingerprint density at radius 3 is 2.37 bits per heavy atom. The number of benzene rings is 1. The average Bonchev–Trinajstić information content (AvgIpc) is 2.69. The molecule has 27 heavy (non-hydrogen) atoms. The molecule has 2 fully saturated rings. The van der Waals surface area contributed by atoms with Crippen LogP contribution in [0.1, 0.15) is 0 Å². The number of halogens is 1. The van der Waals surface area contributed by atoms with Gasteiger partial charge >= 0.3 is 0 Å². The fourth-order valence-electron chi connectivity index (χ4n) is 3.03. The van der Waals surface area contributed by atoms with Gasteiger partial charge in [0.1, 0.15) is 5.82 Å². The Labute approximate surface area is 160 Å². The second kappa shape index (κ2) is 9.33. The second-order valence-corrected chi connectivity index (χ2v) is 8.24. The number of piperazine rings is 1. The van der Waals surface area contributed by atoms with Gasteiger partial charge in [-0.05, 0) is 24.3 Å². The topological polar surface area (TPSA) is 53.1 Å². The summed E-state index contributed by atoms with van der Waals surface area (Å²) >= 11 is 0. The molecule has 1 aromatic rings. The molecule has 0 unspecified atom stereocenters. The fraction of sp³-hybridized carbons (Fsp3) is 0.474. The molecule has 0 amide bonds. The van der Waals surface area contributed by atoms with Crippen molar-refractivity contribution in [2.75, 3.05) is 63.9 Å². The minimum Gasteiger partial charge on any atom is -0.379 e. The third kappa shape index (κ3) is 5.78. The molecular formula is C19H24FN3O3S. The summed E-state index contributed by atoms with van der Waals surface area (Å²) in [5.41, 5.74) is 0.901. The van der Waals surface area contributed by atoms with Crippen molar-refractivity contribution >= 4 is 15.7 Å². The Balaban J connectivity index is 1.48. The largest absolute Gasteiger partial charge is 0.379 e. The summed E-state index contributed by atoms with van der Waals surface area (Å²) in [6, 6.07) is 6.25. The zero-order valence-electron chi connectivity index (χ0n) is 15.2. The lowest BCUT2D eigenvalue weighted by molar-refractivity contribution is 0.0443. The van der Waals surface area contributed by atoms with E-state index in [4.69, 9.17) is 4.74 Å². The summed E-state index contributed by atoms with van der Waals surface area (Å²) < 4.78 is 44.6. The van der Waals surface area contributed by atoms with Crippen molar-refractivity contribution in [1.82, 2.24) is 9.21 Å². The van der Waals surface area contributed by atoms with E-state index >= 15 is 0 Å². The Morgan fingerprint density at radius 2 is 1.70 bits per heavy atom. The van der Waals surface area contributed by atoms with E-state index in [2.05, 4.69) is 21.6 Å². The Morgan fingerprint density at radius 1 is 1.04 bits per heavy atom. The Kier molecular flexibility index (Phi) is 6.85. The third-order valence-electron chi connectivity index (χ3n) is 4.62. The zero-order valence-corrected chi connectivity index (χ0v) is 16.0. The normalized spacial score (nSPS) is 19.8. The van der Waals surface area contributed by atoms with Crippen molar-refractivity contribution in [2.24, 2.45) is 0 Å². The van der Waals surface area contributed by atoms with Crippen molar-refractivity contribution in [3.8, 4) is 11.8 Å². The van der Waals surface area contributed by atoms with Gasteiger partial charge in [0.25, 0.3) is 0 Å². The predicted octanol–water partition coefficient (Wildman–Crippen LogP) is 1.13. The van der Waals surface area contributed by atoms with Crippen LogP contribution in [0.4, 0.5) is 10.1 Å². The van der Waals surface area contributed by atoms with Crippen LogP contribution in [0.5, 0.6) is 0 Å². The first-order valence-electron chi connectivity index (χ1n) is 9.00. The van der Waals surface area contributed by atoms with Crippen LogP contribution in [0.3, 0.4) is 0 Å². The van der Waals surface area contributed by atoms with Crippen LogP contribution in [0.25, 0.3) is 0 Å². The molecule has 2 saturated heterocycles. The van der Waals surface area contributed by atoms with Crippen molar-refractivity contribution in [1.29, 1.82) is 0 Å². The van der Waals surface area contributed by atoms with Crippen LogP contribution in [0, 0.1) is 17.7 Å². The van der Waals surface area contributed by atoms with Gasteiger partial charge in [0.15, 0.2) is 0 Å². The molecule has 0 bridgehead atoms. The van der Waals surface area contributed by atoms with Crippen LogP contribution in [-0.2, 0) is 14.8 Å². The molecule has 0 spiro atoms. The van der Waals surface area contributed by atoms with Gasteiger partial charge in [0.2, 0.25) is 10.0 Å². The number of ether oxygens (including phenoxy) is 1. The number of rotatable bonds is 4. The molecule has 146 valence electrons. The molecule has 1 aromatic carbocycles. The highest BCUT2D eigenvalue weighted by Gasteiger charge is 2.25. The van der Waals surface area contributed by atoms with Crippen LogP contribution in [0.2, 0.25) is 0 Å². The highest BCUT2D eigenvalue weighted by atomic mass is 32.2. The molecule has 0 aliphatic carbocycles. The molecule has 8 heteroatoms. The minimum atomic E-state index is -3.47. The summed E-state index contributed by atoms with van der Waals surface area (Å²) in [5, 5.41) is 1.17. The number of hydrogen-bond donors (Lipinski definition) is 0. The number of anilines is 1. The van der Waals surface area contributed by atoms with Crippen molar-refractivity contribution in [3.05, 3.63) is 41.6 Å². The molecule has 2 aliphatic rings. The summed E-state index contributed by atoms with van der Waals surface area (Å²) in [4.78, 5) is 4.23. The van der Waals surface area contributed by atoms with Gasteiger partial charge in [-0.3, -0.25) is 4.90 Å². The minimum absolute atomic E-state index is 0.278. The Bertz CT molecular complexity index is 801. The maximum absolute atomic E-state index is 13.0. The summed E-state index contributed by atoms with van der Waals surface area (Å²) in [6.45, 7) is 5.69. The molecule has 0 N–H and O–H groups in total. The second-order valence-electron chi connectivity index (χ2n) is 6.42. The number of nitrogens with zero attached hydrogens (tertiary/aromatic N) is 3. The number of hydrogen-bond acceptors (Lipinski definition) is 5. The maximum Gasteiger partial charge on any atom is 0.236 e. The molecule has 2 aliphatic heterocycles. The van der Waals surface area contributed by atoms with E-state index < -0.39 is 10.0 Å². The average molecular weight is 393 g/mol. The molecule has 3 rings (SSSR count). The maximum atomic E-state index is 13.0. The van der Waals surface area contributed by atoms with Gasteiger partial charge < -0.3 is 9.64 Å². The number of sulfonamides is 1. The molecular weight excluding hydrogens is 369 g/mol. The SMILES string of the molecule is O=S(=O)(C=CC#CCN1CCOCC1)N1CCN(c2ccc(F)cc2)CC1. The van der Waals surface area contributed by atoms with E-state index in [0.717, 1.165) is 32.0 Å². The van der Waals surface area contributed by atoms with Gasteiger partial charge in [-0.2, -0.15) is 4.31 Å². The number of morpholine rings is 1. The standard InChI is InChI=1S/C19H24FN3O3S/c20-18-4-6-19(7-5-18)22-9-11-23(12-10-22)27(24,25)17-3-1-2-8-21-13-15-26-16-14-21/h3-7,17H,8-16H2. The summed E-state index contributed by atoms with van der Waals surface area (Å²) in [6.07, 6.45) is 1.40. The summed E-state index contributed by atoms with van der Waals surface area (Å²) in [5.74, 6) is 5.50. The van der Waals surface area contributed by atoms with Crippen molar-refractivity contribution in [2.45, 2.75) is 0 Å². The quantitative estimate of drug-likeness (QED) is 0.718. The van der Waals surface area contributed by atoms with E-state index in [1.807, 2.05) is 0 Å². The van der Waals surface area contributed by atoms with E-state index in [1.165, 1.54) is 27.9 Å². The van der Waals surface area contributed by atoms with Gasteiger partial charge in [-0.1, -0.05) is 11.8 Å². The highest BCUT2D eigenvalue weighted by molar-refractivity contribution is 7.92. The molecule has 6 nitrogen and oxygen atoms in total. The van der Waals surface area contributed by atoms with Gasteiger partial charge in [-0.15, -0.1) is 0 Å². The fourth-order valence-corrected chi connectivity index (χ4v) is 4.12. The van der Waals surface area contributed by atoms with Crippen molar-refractivity contribution in [3.63, 3.8) is 0 Å². The lowest BCUT2D eigenvalue weighted by Crippen LogP contribution is -2.48. The first-order valence-corrected chi connectivity index (χ1v) is 10.5. The Hall–Kier alpha value is -1.92. The van der Waals surface area contributed by atoms with Crippen molar-refractivity contribution < 1.29 is 17.5 Å². The highest BCUT2D eigenvalue weighted by Crippen LogP contribution is 2.18. The van der Waals surface area contributed by atoms with E-state index in [-0.39, 0.29) is 5.82 Å². The lowest BCUT2D eigenvalue weighted by atomic mass is 10.2. The van der Waals surface area contributed by atoms with E-state index in [9.17, 15) is 12.8 Å². The molecule has 0 aromatic heterocycles. The first kappa shape index (κ1) is 19.8. The zero-order chi connectivity index (χ0) is 19.1. The van der Waals surface area contributed by atoms with Crippen LogP contribution in [0.15, 0.2) is 35.7 Å². The smallest absolute Gasteiger partial charge is 0.236 e. The van der Waals surface area contributed by atoms with Gasteiger partial charge in [-0.25, -0.2) is 12.8 Å². The summed E-state index contributed by atoms with van der Waals surface area (Å²) in [7, 11) is -3.47. The number of allylic oxidation sites excluding steroid dienone is 1. The predicted molar refractivity (Wildman–Crippen MR) is 103 cm³/mol.